The second-order valence-corrected chi connectivity index (χ2v) is 4.88. The highest BCUT2D eigenvalue weighted by Gasteiger charge is 2.36. The summed E-state index contributed by atoms with van der Waals surface area (Å²) in [6.07, 6.45) is 0.319. The third-order valence-electron chi connectivity index (χ3n) is 2.41. The average molecular weight is 216 g/mol. The third kappa shape index (κ3) is 3.07. The van der Waals surface area contributed by atoms with Gasteiger partial charge in [0, 0.05) is 12.6 Å². The molecule has 2 atom stereocenters. The topological polar surface area (TPSA) is 75.8 Å². The van der Waals surface area contributed by atoms with Crippen LogP contribution in [0.1, 0.15) is 27.2 Å². The van der Waals surface area contributed by atoms with Crippen LogP contribution >= 0.6 is 0 Å². The van der Waals surface area contributed by atoms with Crippen LogP contribution in [0.3, 0.4) is 0 Å². The van der Waals surface area contributed by atoms with E-state index in [0.29, 0.717) is 13.0 Å². The summed E-state index contributed by atoms with van der Waals surface area (Å²) in [6.45, 7) is 5.89. The van der Waals surface area contributed by atoms with E-state index in [2.05, 4.69) is 0 Å². The smallest absolute Gasteiger partial charge is 0.410 e. The van der Waals surface area contributed by atoms with Gasteiger partial charge in [0.05, 0.1) is 12.6 Å². The zero-order valence-electron chi connectivity index (χ0n) is 9.56. The van der Waals surface area contributed by atoms with E-state index in [0.717, 1.165) is 0 Å². The predicted octanol–water partition coefficient (Wildman–Crippen LogP) is 0.315. The second kappa shape index (κ2) is 4.37. The number of likely N-dealkylation sites (tertiary alicyclic amines) is 1. The van der Waals surface area contributed by atoms with Crippen LogP contribution in [0.5, 0.6) is 0 Å². The number of hydrogen-bond acceptors (Lipinski definition) is 4. The fraction of sp³-hybridized carbons (Fsp3) is 0.900. The molecule has 0 unspecified atom stereocenters. The van der Waals surface area contributed by atoms with Crippen molar-refractivity contribution in [2.75, 3.05) is 13.2 Å². The number of carbonyl (C=O) groups excluding carboxylic acids is 1. The zero-order chi connectivity index (χ0) is 11.6. The van der Waals surface area contributed by atoms with Crippen molar-refractivity contribution in [1.29, 1.82) is 0 Å². The standard InChI is InChI=1S/C10H20N2O3/c1-10(2,3)15-9(14)12-5-4-7(11)8(12)6-13/h7-8,13H,4-6,11H2,1-3H3/t7-,8-/m0/s1. The van der Waals surface area contributed by atoms with Crippen molar-refractivity contribution in [3.8, 4) is 0 Å². The summed E-state index contributed by atoms with van der Waals surface area (Å²) in [5, 5.41) is 9.12. The summed E-state index contributed by atoms with van der Waals surface area (Å²) < 4.78 is 5.22. The van der Waals surface area contributed by atoms with E-state index < -0.39 is 11.7 Å². The Bertz CT molecular complexity index is 237. The molecule has 1 aliphatic rings. The number of nitrogens with two attached hydrogens (primary N) is 1. The molecule has 1 saturated heterocycles. The van der Waals surface area contributed by atoms with Crippen molar-refractivity contribution in [1.82, 2.24) is 4.90 Å². The Balaban J connectivity index is 2.60. The number of aliphatic hydroxyl groups is 1. The molecule has 0 aromatic rings. The number of aliphatic hydroxyl groups excluding tert-OH is 1. The Morgan fingerprint density at radius 1 is 1.60 bits per heavy atom. The lowest BCUT2D eigenvalue weighted by molar-refractivity contribution is 0.0166. The van der Waals surface area contributed by atoms with Crippen molar-refractivity contribution in [2.45, 2.75) is 44.9 Å². The van der Waals surface area contributed by atoms with Gasteiger partial charge in [-0.1, -0.05) is 0 Å². The van der Waals surface area contributed by atoms with Gasteiger partial charge >= 0.3 is 6.09 Å². The lowest BCUT2D eigenvalue weighted by atomic mass is 10.1. The molecule has 0 spiro atoms. The van der Waals surface area contributed by atoms with Gasteiger partial charge in [0.15, 0.2) is 0 Å². The summed E-state index contributed by atoms with van der Waals surface area (Å²) >= 11 is 0. The first-order chi connectivity index (χ1) is 6.85. The molecule has 5 heteroatoms. The molecule has 1 amide bonds. The number of nitrogens with zero attached hydrogens (tertiary/aromatic N) is 1. The van der Waals surface area contributed by atoms with E-state index in [9.17, 15) is 4.79 Å². The maximum absolute atomic E-state index is 11.7. The van der Waals surface area contributed by atoms with Crippen LogP contribution in [0.2, 0.25) is 0 Å². The second-order valence-electron chi connectivity index (χ2n) is 4.88. The summed E-state index contributed by atoms with van der Waals surface area (Å²) in [7, 11) is 0. The van der Waals surface area contributed by atoms with Gasteiger partial charge in [-0.25, -0.2) is 4.79 Å². The van der Waals surface area contributed by atoms with E-state index in [1.807, 2.05) is 20.8 Å². The zero-order valence-corrected chi connectivity index (χ0v) is 9.56. The van der Waals surface area contributed by atoms with Crippen LogP contribution < -0.4 is 5.73 Å². The molecule has 0 aromatic heterocycles. The summed E-state index contributed by atoms with van der Waals surface area (Å²) in [5.74, 6) is 0. The van der Waals surface area contributed by atoms with Crippen molar-refractivity contribution in [2.24, 2.45) is 5.73 Å². The molecule has 0 aromatic carbocycles. The van der Waals surface area contributed by atoms with Crippen LogP contribution in [-0.2, 0) is 4.74 Å². The maximum Gasteiger partial charge on any atom is 0.410 e. The lowest BCUT2D eigenvalue weighted by Gasteiger charge is -2.28. The summed E-state index contributed by atoms with van der Waals surface area (Å²) in [4.78, 5) is 13.2. The molecule has 0 aliphatic carbocycles. The average Bonchev–Trinajstić information content (AvgIpc) is 2.43. The molecule has 15 heavy (non-hydrogen) atoms. The van der Waals surface area contributed by atoms with Gasteiger partial charge in [-0.2, -0.15) is 0 Å². The van der Waals surface area contributed by atoms with Crippen molar-refractivity contribution >= 4 is 6.09 Å². The quantitative estimate of drug-likeness (QED) is 0.661. The Morgan fingerprint density at radius 3 is 2.67 bits per heavy atom. The highest BCUT2D eigenvalue weighted by molar-refractivity contribution is 5.69. The van der Waals surface area contributed by atoms with Gasteiger partial charge in [-0.05, 0) is 27.2 Å². The largest absolute Gasteiger partial charge is 0.444 e. The number of carbonyl (C=O) groups is 1. The fourth-order valence-electron chi connectivity index (χ4n) is 1.66. The molecule has 1 rings (SSSR count). The molecule has 1 fully saturated rings. The maximum atomic E-state index is 11.7. The van der Waals surface area contributed by atoms with Crippen LogP contribution in [0.4, 0.5) is 4.79 Å². The number of rotatable bonds is 1. The van der Waals surface area contributed by atoms with Gasteiger partial charge in [-0.3, -0.25) is 0 Å². The number of hydrogen-bond donors (Lipinski definition) is 2. The summed E-state index contributed by atoms with van der Waals surface area (Å²) in [5.41, 5.74) is 5.26. The van der Waals surface area contributed by atoms with Crippen LogP contribution in [0, 0.1) is 0 Å². The monoisotopic (exact) mass is 216 g/mol. The molecule has 0 bridgehead atoms. The first-order valence-corrected chi connectivity index (χ1v) is 5.21. The molecule has 88 valence electrons. The van der Waals surface area contributed by atoms with Crippen molar-refractivity contribution in [3.05, 3.63) is 0 Å². The minimum Gasteiger partial charge on any atom is -0.444 e. The molecule has 1 heterocycles. The van der Waals surface area contributed by atoms with Crippen LogP contribution in [0.25, 0.3) is 0 Å². The Kier molecular flexibility index (Phi) is 3.57. The highest BCUT2D eigenvalue weighted by Crippen LogP contribution is 2.19. The van der Waals surface area contributed by atoms with E-state index in [1.54, 1.807) is 0 Å². The fourth-order valence-corrected chi connectivity index (χ4v) is 1.66. The van der Waals surface area contributed by atoms with Gasteiger partial charge in [0.1, 0.15) is 5.60 Å². The Hall–Kier alpha value is -0.810. The van der Waals surface area contributed by atoms with Gasteiger partial charge in [-0.15, -0.1) is 0 Å². The molecular weight excluding hydrogens is 196 g/mol. The van der Waals surface area contributed by atoms with E-state index in [1.165, 1.54) is 4.90 Å². The SMILES string of the molecule is CC(C)(C)OC(=O)N1CC[C@H](N)[C@@H]1CO. The molecule has 3 N–H and O–H groups in total. The lowest BCUT2D eigenvalue weighted by Crippen LogP contribution is -2.46. The summed E-state index contributed by atoms with van der Waals surface area (Å²) in [6, 6.07) is -0.456. The van der Waals surface area contributed by atoms with E-state index in [-0.39, 0.29) is 18.7 Å². The molecular formula is C10H20N2O3. The predicted molar refractivity (Wildman–Crippen MR) is 56.4 cm³/mol. The van der Waals surface area contributed by atoms with Gasteiger partial charge in [0.2, 0.25) is 0 Å². The first-order valence-electron chi connectivity index (χ1n) is 5.21. The minimum atomic E-state index is -0.510. The van der Waals surface area contributed by atoms with Crippen molar-refractivity contribution < 1.29 is 14.6 Å². The van der Waals surface area contributed by atoms with E-state index in [4.69, 9.17) is 15.6 Å². The Morgan fingerprint density at radius 2 is 2.20 bits per heavy atom. The normalized spacial score (nSPS) is 26.9. The third-order valence-corrected chi connectivity index (χ3v) is 2.41. The molecule has 0 radical (unpaired) electrons. The molecule has 1 aliphatic heterocycles. The highest BCUT2D eigenvalue weighted by atomic mass is 16.6. The van der Waals surface area contributed by atoms with Crippen molar-refractivity contribution in [3.63, 3.8) is 0 Å². The molecule has 0 saturated carbocycles. The van der Waals surface area contributed by atoms with Crippen LogP contribution in [0.15, 0.2) is 0 Å². The number of amides is 1. The number of ether oxygens (including phenoxy) is 1. The first kappa shape index (κ1) is 12.3. The molecule has 5 nitrogen and oxygen atoms in total. The minimum absolute atomic E-state index is 0.111. The van der Waals surface area contributed by atoms with Gasteiger partial charge in [0.25, 0.3) is 0 Å². The Labute approximate surface area is 90.2 Å². The van der Waals surface area contributed by atoms with Gasteiger partial charge < -0.3 is 20.5 Å². The van der Waals surface area contributed by atoms with Crippen LogP contribution in [-0.4, -0.2) is 46.9 Å². The van der Waals surface area contributed by atoms with E-state index >= 15 is 0 Å².